The standard InChI is InChI=1S/C48H53FN6O11/c1-6-48(64)31-19-36-43-29(23-55(36)44(61)30(31)24-65-45(48)62)42-33(14-13-28-25(2)32(49)20-35(54-43)41(28)42)52-40(60)22-50-38(58)17-15-37(57)34(18-26-10-8-7-9-11-26)53-39(59)16-12-27(56)21-51-46(63)66-47(3,4)5/h7-11,19-20,33-34,64H,6,12-18,21-24H2,1-5H3,(H,50,58)(H,51,63)(H,52,60)(H,53,59)/t33-,34-,48-/m0/s1. The van der Waals surface area contributed by atoms with Crippen molar-refractivity contribution in [3.63, 3.8) is 0 Å². The Bertz CT molecular complexity index is 2730. The molecule has 0 unspecified atom stereocenters. The zero-order valence-corrected chi connectivity index (χ0v) is 37.5. The third kappa shape index (κ3) is 9.88. The summed E-state index contributed by atoms with van der Waals surface area (Å²) in [7, 11) is 0. The molecular formula is C48H53FN6O11. The molecular weight excluding hydrogens is 856 g/mol. The highest BCUT2D eigenvalue weighted by atomic mass is 19.1. The van der Waals surface area contributed by atoms with Gasteiger partial charge in [-0.2, -0.15) is 0 Å². The number of aryl methyl sites for hydroxylation is 1. The maximum atomic E-state index is 15.4. The normalized spacial score (nSPS) is 17.4. The summed E-state index contributed by atoms with van der Waals surface area (Å²) in [6.07, 6.45) is -0.909. The number of ether oxygens (including phenoxy) is 2. The zero-order valence-electron chi connectivity index (χ0n) is 37.5. The minimum atomic E-state index is -2.05. The first-order valence-corrected chi connectivity index (χ1v) is 22.0. The second-order valence-corrected chi connectivity index (χ2v) is 17.9. The molecule has 0 radical (unpaired) electrons. The molecule has 0 fully saturated rings. The number of esters is 1. The van der Waals surface area contributed by atoms with Crippen molar-refractivity contribution in [2.24, 2.45) is 0 Å². The van der Waals surface area contributed by atoms with Crippen molar-refractivity contribution in [2.75, 3.05) is 13.1 Å². The highest BCUT2D eigenvalue weighted by Gasteiger charge is 2.46. The molecule has 348 valence electrons. The predicted octanol–water partition coefficient (Wildman–Crippen LogP) is 3.70. The number of hydrogen-bond donors (Lipinski definition) is 5. The zero-order chi connectivity index (χ0) is 47.7. The lowest BCUT2D eigenvalue weighted by Crippen LogP contribution is -2.44. The molecule has 3 atom stereocenters. The first-order chi connectivity index (χ1) is 31.3. The number of aliphatic hydroxyl groups is 1. The third-order valence-corrected chi connectivity index (χ3v) is 12.2. The number of Topliss-reactive ketones (excluding diaryl/α,β-unsaturated/α-hetero) is 2. The molecule has 4 amide bonds. The van der Waals surface area contributed by atoms with Gasteiger partial charge in [-0.15, -0.1) is 0 Å². The van der Waals surface area contributed by atoms with Crippen LogP contribution >= 0.6 is 0 Å². The fraction of sp³-hybridized carbons (Fsp3) is 0.438. The molecule has 2 aromatic heterocycles. The van der Waals surface area contributed by atoms with E-state index in [0.717, 1.165) is 11.1 Å². The molecule has 18 heteroatoms. The Labute approximate surface area is 379 Å². The summed E-state index contributed by atoms with van der Waals surface area (Å²) in [4.78, 5) is 109. The van der Waals surface area contributed by atoms with Crippen LogP contribution in [0.3, 0.4) is 0 Å². The van der Waals surface area contributed by atoms with E-state index in [0.29, 0.717) is 51.8 Å². The van der Waals surface area contributed by atoms with Crippen LogP contribution in [0.1, 0.15) is 111 Å². The van der Waals surface area contributed by atoms with Crippen LogP contribution in [0.5, 0.6) is 0 Å². The number of halogens is 1. The van der Waals surface area contributed by atoms with Crippen LogP contribution in [0.15, 0.2) is 47.3 Å². The van der Waals surface area contributed by atoms with E-state index < -0.39 is 82.6 Å². The fourth-order valence-corrected chi connectivity index (χ4v) is 8.81. The molecule has 7 rings (SSSR count). The van der Waals surface area contributed by atoms with Gasteiger partial charge in [-0.1, -0.05) is 37.3 Å². The Balaban J connectivity index is 1.00. The molecule has 0 spiro atoms. The van der Waals surface area contributed by atoms with Gasteiger partial charge in [0.15, 0.2) is 17.2 Å². The molecule has 3 aliphatic rings. The number of fused-ring (bicyclic) bond motifs is 5. The number of benzene rings is 2. The van der Waals surface area contributed by atoms with Gasteiger partial charge in [0.2, 0.25) is 17.7 Å². The average Bonchev–Trinajstić information content (AvgIpc) is 3.65. The number of carbonyl (C=O) groups is 7. The van der Waals surface area contributed by atoms with Crippen molar-refractivity contribution in [1.29, 1.82) is 0 Å². The lowest BCUT2D eigenvalue weighted by molar-refractivity contribution is -0.172. The van der Waals surface area contributed by atoms with Crippen LogP contribution in [0.2, 0.25) is 0 Å². The van der Waals surface area contributed by atoms with E-state index in [1.807, 2.05) is 0 Å². The lowest BCUT2D eigenvalue weighted by atomic mass is 9.81. The first-order valence-electron chi connectivity index (χ1n) is 22.0. The van der Waals surface area contributed by atoms with E-state index in [1.54, 1.807) is 71.0 Å². The molecule has 2 aromatic carbocycles. The minimum Gasteiger partial charge on any atom is -0.458 e. The summed E-state index contributed by atoms with van der Waals surface area (Å²) in [6.45, 7) is 7.29. The largest absolute Gasteiger partial charge is 0.458 e. The molecule has 4 aromatic rings. The number of nitrogens with zero attached hydrogens (tertiary/aromatic N) is 2. The molecule has 5 N–H and O–H groups in total. The van der Waals surface area contributed by atoms with Gasteiger partial charge in [0.05, 0.1) is 54.2 Å². The van der Waals surface area contributed by atoms with Gasteiger partial charge in [0.25, 0.3) is 5.56 Å². The van der Waals surface area contributed by atoms with Gasteiger partial charge in [0.1, 0.15) is 18.0 Å². The third-order valence-electron chi connectivity index (χ3n) is 12.2. The van der Waals surface area contributed by atoms with Crippen molar-refractivity contribution < 1.29 is 52.5 Å². The number of hydrogen-bond acceptors (Lipinski definition) is 12. The minimum absolute atomic E-state index is 0.0445. The van der Waals surface area contributed by atoms with E-state index in [1.165, 1.54) is 10.6 Å². The highest BCUT2D eigenvalue weighted by Crippen LogP contribution is 2.46. The summed E-state index contributed by atoms with van der Waals surface area (Å²) in [6, 6.07) is 10.2. The Hall–Kier alpha value is -6.82. The van der Waals surface area contributed by atoms with Crippen LogP contribution in [-0.4, -0.2) is 80.7 Å². The number of ketones is 2. The quantitative estimate of drug-likeness (QED) is 0.0891. The van der Waals surface area contributed by atoms with Gasteiger partial charge in [0, 0.05) is 48.3 Å². The smallest absolute Gasteiger partial charge is 0.408 e. The Morgan fingerprint density at radius 2 is 1.68 bits per heavy atom. The van der Waals surface area contributed by atoms with Crippen molar-refractivity contribution >= 4 is 52.3 Å². The lowest BCUT2D eigenvalue weighted by Gasteiger charge is -2.31. The number of alkyl carbamates (subject to hydrolysis) is 1. The molecule has 1 aliphatic carbocycles. The predicted molar refractivity (Wildman–Crippen MR) is 236 cm³/mol. The Morgan fingerprint density at radius 1 is 0.955 bits per heavy atom. The maximum Gasteiger partial charge on any atom is 0.408 e. The van der Waals surface area contributed by atoms with E-state index >= 15 is 4.39 Å². The fourth-order valence-electron chi connectivity index (χ4n) is 8.81. The van der Waals surface area contributed by atoms with Crippen LogP contribution < -0.4 is 26.8 Å². The van der Waals surface area contributed by atoms with Crippen molar-refractivity contribution in [3.05, 3.63) is 97.6 Å². The van der Waals surface area contributed by atoms with E-state index in [-0.39, 0.29) is 69.3 Å². The summed E-state index contributed by atoms with van der Waals surface area (Å²) >= 11 is 0. The van der Waals surface area contributed by atoms with Crippen molar-refractivity contribution in [3.8, 4) is 11.4 Å². The van der Waals surface area contributed by atoms with Gasteiger partial charge in [-0.05, 0) is 81.7 Å². The number of amides is 4. The molecule has 0 bridgehead atoms. The first kappa shape index (κ1) is 47.2. The Morgan fingerprint density at radius 3 is 2.39 bits per heavy atom. The molecule has 0 saturated heterocycles. The van der Waals surface area contributed by atoms with E-state index in [2.05, 4.69) is 21.3 Å². The van der Waals surface area contributed by atoms with E-state index in [9.17, 15) is 43.5 Å². The summed E-state index contributed by atoms with van der Waals surface area (Å²) in [5.74, 6) is -3.88. The molecule has 66 heavy (non-hydrogen) atoms. The summed E-state index contributed by atoms with van der Waals surface area (Å²) in [5.41, 5.74) is 1.19. The number of nitrogens with one attached hydrogen (secondary N) is 4. The highest BCUT2D eigenvalue weighted by molar-refractivity contribution is 5.96. The molecule has 17 nitrogen and oxygen atoms in total. The summed E-state index contributed by atoms with van der Waals surface area (Å²) in [5, 5.41) is 22.6. The number of aromatic nitrogens is 2. The summed E-state index contributed by atoms with van der Waals surface area (Å²) < 4.78 is 27.2. The van der Waals surface area contributed by atoms with Gasteiger partial charge in [-0.3, -0.25) is 28.8 Å². The molecule has 0 saturated carbocycles. The Kier molecular flexibility index (Phi) is 13.5. The van der Waals surface area contributed by atoms with Gasteiger partial charge >= 0.3 is 12.1 Å². The van der Waals surface area contributed by atoms with Crippen molar-refractivity contribution in [1.82, 2.24) is 30.8 Å². The monoisotopic (exact) mass is 908 g/mol. The second-order valence-electron chi connectivity index (χ2n) is 17.9. The molecule has 2 aliphatic heterocycles. The van der Waals surface area contributed by atoms with Crippen molar-refractivity contribution in [2.45, 2.75) is 122 Å². The average molecular weight is 909 g/mol. The second kappa shape index (κ2) is 19.0. The van der Waals surface area contributed by atoms with Crippen LogP contribution in [-0.2, 0) is 69.8 Å². The van der Waals surface area contributed by atoms with Crippen LogP contribution in [0, 0.1) is 12.7 Å². The van der Waals surface area contributed by atoms with E-state index in [4.69, 9.17) is 14.5 Å². The van der Waals surface area contributed by atoms with Gasteiger partial charge < -0.3 is 40.4 Å². The SMILES string of the molecule is CC[C@@]1(O)C(=O)OCc2c1cc1n(c2=O)Cc2c-1nc1cc(F)c(C)c3c1c2[C@@H](NC(=O)CNC(=O)CCC(=O)[C@H](Cc1ccccc1)NC(=O)CCC(=O)CNC(=O)OC(C)(C)C)CC3. The maximum absolute atomic E-state index is 15.4. The number of rotatable bonds is 16. The number of pyridine rings is 2. The van der Waals surface area contributed by atoms with Crippen LogP contribution in [0.4, 0.5) is 9.18 Å². The number of cyclic esters (lactones) is 1. The molecule has 4 heterocycles. The topological polar surface area (TPSA) is 241 Å². The van der Waals surface area contributed by atoms with Crippen LogP contribution in [0.25, 0.3) is 22.3 Å². The van der Waals surface area contributed by atoms with Gasteiger partial charge in [-0.25, -0.2) is 19.0 Å². The number of carbonyl (C=O) groups excluding carboxylic acids is 7.